The maximum absolute atomic E-state index is 10.9. The van der Waals surface area contributed by atoms with Crippen molar-refractivity contribution < 1.29 is 9.66 Å². The number of nitrogens with zero attached hydrogens (tertiary/aromatic N) is 1. The lowest BCUT2D eigenvalue weighted by molar-refractivity contribution is -0.384. The number of hydrogen-bond acceptors (Lipinski definition) is 4. The fourth-order valence-corrected chi connectivity index (χ4v) is 2.60. The van der Waals surface area contributed by atoms with Gasteiger partial charge in [-0.3, -0.25) is 10.1 Å². The Morgan fingerprint density at radius 2 is 2.00 bits per heavy atom. The summed E-state index contributed by atoms with van der Waals surface area (Å²) in [5.41, 5.74) is 6.87. The van der Waals surface area contributed by atoms with Gasteiger partial charge in [0, 0.05) is 13.2 Å². The third-order valence-electron chi connectivity index (χ3n) is 3.73. The van der Waals surface area contributed by atoms with Crippen LogP contribution in [0, 0.1) is 10.1 Å². The fourth-order valence-electron chi connectivity index (χ4n) is 2.60. The fraction of sp³-hybridized carbons (Fsp3) is 0.538. The lowest BCUT2D eigenvalue weighted by atomic mass is 9.82. The first kappa shape index (κ1) is 12.8. The Hall–Kier alpha value is -1.62. The van der Waals surface area contributed by atoms with Crippen LogP contribution in [0.15, 0.2) is 18.2 Å². The van der Waals surface area contributed by atoms with E-state index in [4.69, 9.17) is 10.5 Å². The van der Waals surface area contributed by atoms with E-state index in [1.807, 2.05) is 6.07 Å². The molecule has 0 spiro atoms. The van der Waals surface area contributed by atoms with Crippen LogP contribution < -0.4 is 5.73 Å². The third kappa shape index (κ3) is 2.61. The summed E-state index contributed by atoms with van der Waals surface area (Å²) in [5.74, 6) is 0.385. The zero-order valence-corrected chi connectivity index (χ0v) is 10.5. The van der Waals surface area contributed by atoms with E-state index in [1.54, 1.807) is 19.2 Å². The van der Waals surface area contributed by atoms with Crippen LogP contribution in [0.4, 0.5) is 11.4 Å². The van der Waals surface area contributed by atoms with E-state index >= 15 is 0 Å². The topological polar surface area (TPSA) is 78.4 Å². The Morgan fingerprint density at radius 3 is 2.56 bits per heavy atom. The van der Waals surface area contributed by atoms with Gasteiger partial charge in [-0.1, -0.05) is 6.07 Å². The van der Waals surface area contributed by atoms with Crippen LogP contribution in [0.3, 0.4) is 0 Å². The van der Waals surface area contributed by atoms with Gasteiger partial charge in [-0.05, 0) is 43.2 Å². The van der Waals surface area contributed by atoms with Crippen LogP contribution >= 0.6 is 0 Å². The molecule has 5 heteroatoms. The number of anilines is 1. The second-order valence-electron chi connectivity index (χ2n) is 4.78. The Kier molecular flexibility index (Phi) is 3.81. The number of hydrogen-bond donors (Lipinski definition) is 1. The van der Waals surface area contributed by atoms with Crippen molar-refractivity contribution in [1.29, 1.82) is 0 Å². The number of nitrogen functional groups attached to an aromatic ring is 1. The van der Waals surface area contributed by atoms with Crippen molar-refractivity contribution in [3.8, 4) is 0 Å². The Bertz CT molecular complexity index is 440. The normalized spacial score (nSPS) is 23.8. The standard InChI is InChI=1S/C13H18N2O3/c1-18-11-5-2-9(3-6-11)10-4-7-12(14)13(8-10)15(16)17/h4,7-9,11H,2-3,5-6,14H2,1H3. The minimum absolute atomic E-state index is 0.0152. The monoisotopic (exact) mass is 250 g/mol. The van der Waals surface area contributed by atoms with Gasteiger partial charge < -0.3 is 10.5 Å². The number of nitro benzene ring substituents is 1. The third-order valence-corrected chi connectivity index (χ3v) is 3.73. The van der Waals surface area contributed by atoms with Crippen LogP contribution in [0.25, 0.3) is 0 Å². The first-order valence-corrected chi connectivity index (χ1v) is 6.18. The predicted molar refractivity (Wildman–Crippen MR) is 69.5 cm³/mol. The van der Waals surface area contributed by atoms with Crippen molar-refractivity contribution in [3.05, 3.63) is 33.9 Å². The van der Waals surface area contributed by atoms with Gasteiger partial charge in [0.2, 0.25) is 0 Å². The highest BCUT2D eigenvalue weighted by Gasteiger charge is 2.24. The molecule has 1 fully saturated rings. The maximum atomic E-state index is 10.9. The molecule has 0 atom stereocenters. The number of ether oxygens (including phenoxy) is 1. The van der Waals surface area contributed by atoms with Crippen molar-refractivity contribution >= 4 is 11.4 Å². The Balaban J connectivity index is 2.15. The minimum Gasteiger partial charge on any atom is -0.393 e. The number of rotatable bonds is 3. The first-order chi connectivity index (χ1) is 8.61. The van der Waals surface area contributed by atoms with Crippen molar-refractivity contribution in [2.24, 2.45) is 0 Å². The van der Waals surface area contributed by atoms with E-state index in [0.29, 0.717) is 12.0 Å². The molecule has 1 aliphatic rings. The van der Waals surface area contributed by atoms with Crippen LogP contribution in [0.2, 0.25) is 0 Å². The van der Waals surface area contributed by atoms with Gasteiger partial charge in [0.1, 0.15) is 5.69 Å². The minimum atomic E-state index is -0.417. The molecule has 2 rings (SSSR count). The van der Waals surface area contributed by atoms with E-state index in [0.717, 1.165) is 31.2 Å². The van der Waals surface area contributed by atoms with Crippen LogP contribution in [-0.2, 0) is 4.74 Å². The molecule has 1 aromatic carbocycles. The van der Waals surface area contributed by atoms with Crippen molar-refractivity contribution in [2.75, 3.05) is 12.8 Å². The van der Waals surface area contributed by atoms with Crippen molar-refractivity contribution in [1.82, 2.24) is 0 Å². The average molecular weight is 250 g/mol. The van der Waals surface area contributed by atoms with Gasteiger partial charge >= 0.3 is 0 Å². The molecule has 1 aliphatic carbocycles. The summed E-state index contributed by atoms with van der Waals surface area (Å²) in [4.78, 5) is 10.4. The molecular formula is C13H18N2O3. The summed E-state index contributed by atoms with van der Waals surface area (Å²) in [6.45, 7) is 0. The SMILES string of the molecule is COC1CCC(c2ccc(N)c([N+](=O)[O-])c2)CC1. The molecule has 0 aromatic heterocycles. The van der Waals surface area contributed by atoms with Gasteiger partial charge in [0.25, 0.3) is 5.69 Å². The van der Waals surface area contributed by atoms with E-state index in [9.17, 15) is 10.1 Å². The van der Waals surface area contributed by atoms with Crippen molar-refractivity contribution in [2.45, 2.75) is 37.7 Å². The van der Waals surface area contributed by atoms with E-state index in [2.05, 4.69) is 0 Å². The first-order valence-electron chi connectivity index (χ1n) is 6.18. The van der Waals surface area contributed by atoms with E-state index in [1.165, 1.54) is 0 Å². The van der Waals surface area contributed by atoms with Gasteiger partial charge in [-0.25, -0.2) is 0 Å². The second kappa shape index (κ2) is 5.35. The molecule has 1 saturated carbocycles. The van der Waals surface area contributed by atoms with Gasteiger partial charge in [0.05, 0.1) is 11.0 Å². The molecule has 18 heavy (non-hydrogen) atoms. The predicted octanol–water partition coefficient (Wildman–Crippen LogP) is 2.85. The molecular weight excluding hydrogens is 232 g/mol. The maximum Gasteiger partial charge on any atom is 0.292 e. The molecule has 5 nitrogen and oxygen atoms in total. The molecule has 0 heterocycles. The van der Waals surface area contributed by atoms with E-state index in [-0.39, 0.29) is 11.4 Å². The smallest absolute Gasteiger partial charge is 0.292 e. The lowest BCUT2D eigenvalue weighted by Gasteiger charge is -2.27. The molecule has 0 amide bonds. The van der Waals surface area contributed by atoms with Gasteiger partial charge in [0.15, 0.2) is 0 Å². The summed E-state index contributed by atoms with van der Waals surface area (Å²) >= 11 is 0. The number of benzene rings is 1. The molecule has 2 N–H and O–H groups in total. The number of nitrogens with two attached hydrogens (primary N) is 1. The summed E-state index contributed by atoms with van der Waals surface area (Å²) in [6.07, 6.45) is 4.39. The molecule has 1 aromatic rings. The zero-order valence-electron chi connectivity index (χ0n) is 10.5. The van der Waals surface area contributed by atoms with Gasteiger partial charge in [-0.2, -0.15) is 0 Å². The van der Waals surface area contributed by atoms with Crippen LogP contribution in [0.5, 0.6) is 0 Å². The second-order valence-corrected chi connectivity index (χ2v) is 4.78. The highest BCUT2D eigenvalue weighted by molar-refractivity contribution is 5.59. The summed E-state index contributed by atoms with van der Waals surface area (Å²) in [7, 11) is 1.74. The highest BCUT2D eigenvalue weighted by atomic mass is 16.6. The largest absolute Gasteiger partial charge is 0.393 e. The molecule has 0 unspecified atom stereocenters. The van der Waals surface area contributed by atoms with Crippen LogP contribution in [-0.4, -0.2) is 18.1 Å². The lowest BCUT2D eigenvalue weighted by Crippen LogP contribution is -2.19. The molecule has 98 valence electrons. The molecule has 0 saturated heterocycles. The summed E-state index contributed by atoms with van der Waals surface area (Å²) < 4.78 is 5.33. The van der Waals surface area contributed by atoms with Gasteiger partial charge in [-0.15, -0.1) is 0 Å². The average Bonchev–Trinajstić information content (AvgIpc) is 2.39. The summed E-state index contributed by atoms with van der Waals surface area (Å²) in [5, 5.41) is 10.9. The quantitative estimate of drug-likeness (QED) is 0.508. The number of nitro groups is 1. The van der Waals surface area contributed by atoms with E-state index < -0.39 is 4.92 Å². The Labute approximate surface area is 106 Å². The van der Waals surface area contributed by atoms with Crippen LogP contribution in [0.1, 0.15) is 37.2 Å². The van der Waals surface area contributed by atoms with Crippen molar-refractivity contribution in [3.63, 3.8) is 0 Å². The Morgan fingerprint density at radius 1 is 1.33 bits per heavy atom. The molecule has 0 radical (unpaired) electrons. The highest BCUT2D eigenvalue weighted by Crippen LogP contribution is 2.36. The molecule has 0 aliphatic heterocycles. The zero-order chi connectivity index (χ0) is 13.1. The molecule has 0 bridgehead atoms. The summed E-state index contributed by atoms with van der Waals surface area (Å²) in [6, 6.07) is 5.16. The number of methoxy groups -OCH3 is 1.